The molecule has 0 saturated heterocycles. The average molecular weight is 253 g/mol. The molecule has 4 nitrogen and oxygen atoms in total. The van der Waals surface area contributed by atoms with Gasteiger partial charge in [0.05, 0.1) is 0 Å². The molecule has 0 aliphatic carbocycles. The van der Waals surface area contributed by atoms with Gasteiger partial charge in [0.2, 0.25) is 0 Å². The van der Waals surface area contributed by atoms with Crippen molar-refractivity contribution in [3.05, 3.63) is 35.9 Å². The van der Waals surface area contributed by atoms with Crippen molar-refractivity contribution in [2.24, 2.45) is 4.40 Å². The van der Waals surface area contributed by atoms with E-state index in [0.29, 0.717) is 6.42 Å². The molecule has 0 radical (unpaired) electrons. The maximum absolute atomic E-state index is 11.9. The molecule has 0 aromatic heterocycles. The summed E-state index contributed by atoms with van der Waals surface area (Å²) in [6.45, 7) is 3.53. The summed E-state index contributed by atoms with van der Waals surface area (Å²) in [5.41, 5.74) is 0.214. The maximum Gasteiger partial charge on any atom is 0.263 e. The van der Waals surface area contributed by atoms with E-state index in [2.05, 4.69) is 4.40 Å². The molecular formula is C12H15NO3S. The van der Waals surface area contributed by atoms with Gasteiger partial charge in [-0.15, -0.1) is 4.40 Å². The molecule has 17 heavy (non-hydrogen) atoms. The van der Waals surface area contributed by atoms with Gasteiger partial charge in [-0.05, 0) is 25.8 Å². The summed E-state index contributed by atoms with van der Waals surface area (Å²) in [5.74, 6) is 0. The largest absolute Gasteiger partial charge is 0.475 e. The summed E-state index contributed by atoms with van der Waals surface area (Å²) in [7, 11) is -3.48. The lowest BCUT2D eigenvalue weighted by Gasteiger charge is -2.34. The van der Waals surface area contributed by atoms with Crippen molar-refractivity contribution in [2.75, 3.05) is 0 Å². The molecule has 1 aliphatic heterocycles. The van der Waals surface area contributed by atoms with Crippen LogP contribution in [0.2, 0.25) is 0 Å². The molecular weight excluding hydrogens is 238 g/mol. The van der Waals surface area contributed by atoms with Gasteiger partial charge in [0.1, 0.15) is 10.9 Å². The van der Waals surface area contributed by atoms with E-state index in [-0.39, 0.29) is 0 Å². The Hall–Kier alpha value is -1.36. The number of rotatable bonds is 2. The molecule has 1 aromatic rings. The van der Waals surface area contributed by atoms with Gasteiger partial charge in [0.25, 0.3) is 10.0 Å². The van der Waals surface area contributed by atoms with Crippen LogP contribution in [-0.4, -0.2) is 25.7 Å². The number of ether oxygens (including phenoxy) is 1. The van der Waals surface area contributed by atoms with Crippen LogP contribution in [0.25, 0.3) is 0 Å². The van der Waals surface area contributed by atoms with Crippen LogP contribution < -0.4 is 0 Å². The number of hydrogen-bond donors (Lipinski definition) is 0. The highest BCUT2D eigenvalue weighted by molar-refractivity contribution is 7.91. The Morgan fingerprint density at radius 3 is 2.53 bits per heavy atom. The van der Waals surface area contributed by atoms with Gasteiger partial charge in [-0.3, -0.25) is 0 Å². The minimum atomic E-state index is -3.48. The van der Waals surface area contributed by atoms with Crippen molar-refractivity contribution in [1.29, 1.82) is 0 Å². The number of hydrogen-bond acceptors (Lipinski definition) is 3. The van der Waals surface area contributed by atoms with Gasteiger partial charge in [0, 0.05) is 0 Å². The Labute approximate surface area is 101 Å². The highest BCUT2D eigenvalue weighted by Gasteiger charge is 2.43. The number of benzene rings is 1. The summed E-state index contributed by atoms with van der Waals surface area (Å²) < 4.78 is 32.6. The summed E-state index contributed by atoms with van der Waals surface area (Å²) in [4.78, 5) is 0. The third-order valence-corrected chi connectivity index (χ3v) is 4.78. The van der Waals surface area contributed by atoms with E-state index in [1.165, 1.54) is 0 Å². The van der Waals surface area contributed by atoms with Gasteiger partial charge in [0.15, 0.2) is 6.40 Å². The van der Waals surface area contributed by atoms with Gasteiger partial charge >= 0.3 is 0 Å². The molecule has 1 aliphatic rings. The van der Waals surface area contributed by atoms with Crippen LogP contribution in [0.3, 0.4) is 0 Å². The standard InChI is InChI=1S/C12H15NO3S/c1-12(2)11(17(14,15)13-9-16-12)8-10-6-4-3-5-7-10/h3-7,9,11H,8H2,1-2H3. The lowest BCUT2D eigenvalue weighted by molar-refractivity contribution is 0.0942. The Balaban J connectivity index is 2.33. The SMILES string of the molecule is CC1(C)OC=NS(=O)(=O)C1Cc1ccccc1. The zero-order valence-electron chi connectivity index (χ0n) is 9.83. The van der Waals surface area contributed by atoms with Crippen LogP contribution in [0, 0.1) is 0 Å². The molecule has 1 heterocycles. The third-order valence-electron chi connectivity index (χ3n) is 2.95. The van der Waals surface area contributed by atoms with Gasteiger partial charge in [-0.1, -0.05) is 30.3 Å². The second-order valence-corrected chi connectivity index (χ2v) is 6.44. The molecule has 0 saturated carbocycles. The zero-order valence-corrected chi connectivity index (χ0v) is 10.6. The van der Waals surface area contributed by atoms with Crippen LogP contribution >= 0.6 is 0 Å². The van der Waals surface area contributed by atoms with Gasteiger partial charge < -0.3 is 4.74 Å². The monoisotopic (exact) mass is 253 g/mol. The molecule has 0 bridgehead atoms. The van der Waals surface area contributed by atoms with E-state index in [1.807, 2.05) is 30.3 Å². The van der Waals surface area contributed by atoms with E-state index in [9.17, 15) is 8.42 Å². The molecule has 0 N–H and O–H groups in total. The van der Waals surface area contributed by atoms with Crippen LogP contribution in [0.4, 0.5) is 0 Å². The Kier molecular flexibility index (Phi) is 2.95. The lowest BCUT2D eigenvalue weighted by atomic mass is 9.98. The molecule has 0 fully saturated rings. The Morgan fingerprint density at radius 1 is 1.29 bits per heavy atom. The minimum Gasteiger partial charge on any atom is -0.475 e. The Morgan fingerprint density at radius 2 is 1.94 bits per heavy atom. The first kappa shape index (κ1) is 12.1. The van der Waals surface area contributed by atoms with Crippen LogP contribution in [-0.2, 0) is 21.2 Å². The van der Waals surface area contributed by atoms with E-state index in [0.717, 1.165) is 12.0 Å². The van der Waals surface area contributed by atoms with Crippen molar-refractivity contribution in [3.8, 4) is 0 Å². The topological polar surface area (TPSA) is 55.7 Å². The van der Waals surface area contributed by atoms with E-state index >= 15 is 0 Å². The second-order valence-electron chi connectivity index (χ2n) is 4.63. The van der Waals surface area contributed by atoms with Crippen molar-refractivity contribution >= 4 is 16.4 Å². The van der Waals surface area contributed by atoms with Crippen molar-refractivity contribution in [1.82, 2.24) is 0 Å². The molecule has 1 unspecified atom stereocenters. The molecule has 1 aromatic carbocycles. The quantitative estimate of drug-likeness (QED) is 0.807. The van der Waals surface area contributed by atoms with Crippen molar-refractivity contribution in [2.45, 2.75) is 31.1 Å². The highest BCUT2D eigenvalue weighted by Crippen LogP contribution is 2.28. The summed E-state index contributed by atoms with van der Waals surface area (Å²) >= 11 is 0. The summed E-state index contributed by atoms with van der Waals surface area (Å²) in [6.07, 6.45) is 1.43. The number of nitrogens with zero attached hydrogens (tertiary/aromatic N) is 1. The van der Waals surface area contributed by atoms with Crippen LogP contribution in [0.15, 0.2) is 34.7 Å². The first-order chi connectivity index (χ1) is 7.92. The molecule has 92 valence electrons. The normalized spacial score (nSPS) is 25.2. The zero-order chi connectivity index (χ0) is 12.5. The fraction of sp³-hybridized carbons (Fsp3) is 0.417. The molecule has 1 atom stereocenters. The highest BCUT2D eigenvalue weighted by atomic mass is 32.2. The molecule has 2 rings (SSSR count). The second kappa shape index (κ2) is 4.14. The molecule has 0 spiro atoms. The minimum absolute atomic E-state index is 0.410. The van der Waals surface area contributed by atoms with E-state index < -0.39 is 20.9 Å². The average Bonchev–Trinajstić information content (AvgIpc) is 2.25. The van der Waals surface area contributed by atoms with Gasteiger partial charge in [-0.25, -0.2) is 8.42 Å². The van der Waals surface area contributed by atoms with Gasteiger partial charge in [-0.2, -0.15) is 0 Å². The van der Waals surface area contributed by atoms with Crippen molar-refractivity contribution < 1.29 is 13.2 Å². The summed E-state index contributed by atoms with van der Waals surface area (Å²) in [6, 6.07) is 9.50. The van der Waals surface area contributed by atoms with E-state index in [1.54, 1.807) is 13.8 Å². The maximum atomic E-state index is 11.9. The fourth-order valence-electron chi connectivity index (χ4n) is 1.90. The first-order valence-corrected chi connectivity index (χ1v) is 6.91. The first-order valence-electron chi connectivity index (χ1n) is 5.41. The molecule has 5 heteroatoms. The lowest BCUT2D eigenvalue weighted by Crippen LogP contribution is -2.47. The predicted octanol–water partition coefficient (Wildman–Crippen LogP) is 1.76. The van der Waals surface area contributed by atoms with Crippen LogP contribution in [0.5, 0.6) is 0 Å². The smallest absolute Gasteiger partial charge is 0.263 e. The summed E-state index contributed by atoms with van der Waals surface area (Å²) in [5, 5.41) is -0.651. The van der Waals surface area contributed by atoms with Crippen LogP contribution in [0.1, 0.15) is 19.4 Å². The number of sulfonamides is 1. The van der Waals surface area contributed by atoms with E-state index in [4.69, 9.17) is 4.74 Å². The Bertz CT molecular complexity index is 520. The predicted molar refractivity (Wildman–Crippen MR) is 66.5 cm³/mol. The van der Waals surface area contributed by atoms with Crippen molar-refractivity contribution in [3.63, 3.8) is 0 Å². The molecule has 0 amide bonds. The third kappa shape index (κ3) is 2.49. The fourth-order valence-corrected chi connectivity index (χ4v) is 3.39.